The van der Waals surface area contributed by atoms with Gasteiger partial charge in [0.05, 0.1) is 0 Å². The van der Waals surface area contributed by atoms with E-state index in [9.17, 15) is 0 Å². The van der Waals surface area contributed by atoms with Gasteiger partial charge in [0.25, 0.3) is 0 Å². The maximum Gasteiger partial charge on any atom is 0.183 e. The molecule has 0 spiro atoms. The Morgan fingerprint density at radius 1 is 0.714 bits per heavy atom. The Hall–Kier alpha value is -2.75. The Morgan fingerprint density at radius 3 is 1.76 bits per heavy atom. The van der Waals surface area contributed by atoms with Crippen molar-refractivity contribution < 1.29 is 0 Å². The maximum absolute atomic E-state index is 6.05. The summed E-state index contributed by atoms with van der Waals surface area (Å²) in [6.45, 7) is 4.08. The van der Waals surface area contributed by atoms with E-state index in [1.807, 2.05) is 62.4 Å². The van der Waals surface area contributed by atoms with E-state index in [2.05, 4.69) is 15.2 Å². The molecule has 0 saturated heterocycles. The van der Waals surface area contributed by atoms with Gasteiger partial charge in [-0.15, -0.1) is 10.2 Å². The predicted molar refractivity (Wildman–Crippen MR) is 84.6 cm³/mol. The zero-order valence-corrected chi connectivity index (χ0v) is 12.0. The predicted octanol–water partition coefficient (Wildman–Crippen LogP) is 3.40. The topological polar surface area (TPSA) is 64.7 Å². The molecule has 2 N–H and O–H groups in total. The third-order valence-corrected chi connectivity index (χ3v) is 3.35. The standard InChI is InChI=1S/C17H16N4/c1-11-3-7-13(8-4-11)15-16(18)19-17(21-20-15)14-9-5-12(2)6-10-14/h3-10H,1-2H3,(H2,18,19,21). The summed E-state index contributed by atoms with van der Waals surface area (Å²) in [5.74, 6) is 0.938. The molecule has 1 heterocycles. The lowest BCUT2D eigenvalue weighted by molar-refractivity contribution is 0.993. The van der Waals surface area contributed by atoms with Gasteiger partial charge in [-0.05, 0) is 13.8 Å². The summed E-state index contributed by atoms with van der Waals surface area (Å²) in [5.41, 5.74) is 10.9. The lowest BCUT2D eigenvalue weighted by atomic mass is 10.1. The molecular weight excluding hydrogens is 260 g/mol. The first kappa shape index (κ1) is 13.2. The summed E-state index contributed by atoms with van der Waals surface area (Å²) >= 11 is 0. The van der Waals surface area contributed by atoms with Crippen LogP contribution < -0.4 is 5.73 Å². The number of rotatable bonds is 2. The Bertz CT molecular complexity index is 762. The van der Waals surface area contributed by atoms with E-state index in [-0.39, 0.29) is 0 Å². The van der Waals surface area contributed by atoms with Gasteiger partial charge in [0.2, 0.25) is 0 Å². The Kier molecular flexibility index (Phi) is 3.36. The zero-order valence-electron chi connectivity index (χ0n) is 12.0. The van der Waals surface area contributed by atoms with E-state index in [0.717, 1.165) is 11.1 Å². The van der Waals surface area contributed by atoms with Crippen molar-refractivity contribution in [2.45, 2.75) is 13.8 Å². The second-order valence-electron chi connectivity index (χ2n) is 5.10. The van der Waals surface area contributed by atoms with Gasteiger partial charge in [-0.1, -0.05) is 59.7 Å². The molecule has 2 aromatic carbocycles. The molecule has 0 fully saturated rings. The highest BCUT2D eigenvalue weighted by Gasteiger charge is 2.09. The zero-order chi connectivity index (χ0) is 14.8. The maximum atomic E-state index is 6.05. The van der Waals surface area contributed by atoms with Gasteiger partial charge in [0, 0.05) is 11.1 Å². The van der Waals surface area contributed by atoms with Crippen LogP contribution in [0.5, 0.6) is 0 Å². The fourth-order valence-corrected chi connectivity index (χ4v) is 2.08. The first-order valence-electron chi connectivity index (χ1n) is 6.78. The summed E-state index contributed by atoms with van der Waals surface area (Å²) < 4.78 is 0. The van der Waals surface area contributed by atoms with Crippen molar-refractivity contribution in [1.29, 1.82) is 0 Å². The molecule has 3 aromatic rings. The molecule has 3 rings (SSSR count). The van der Waals surface area contributed by atoms with E-state index in [1.54, 1.807) is 0 Å². The highest BCUT2D eigenvalue weighted by molar-refractivity contribution is 5.71. The van der Waals surface area contributed by atoms with Gasteiger partial charge < -0.3 is 5.73 Å². The van der Waals surface area contributed by atoms with Crippen LogP contribution in [0.3, 0.4) is 0 Å². The number of nitrogens with zero attached hydrogens (tertiary/aromatic N) is 3. The third-order valence-electron chi connectivity index (χ3n) is 3.35. The first-order chi connectivity index (χ1) is 10.1. The Balaban J connectivity index is 1.99. The molecule has 0 aliphatic carbocycles. The summed E-state index contributed by atoms with van der Waals surface area (Å²) in [6.07, 6.45) is 0. The molecule has 1 aromatic heterocycles. The Labute approximate surface area is 123 Å². The van der Waals surface area contributed by atoms with Crippen molar-refractivity contribution in [3.8, 4) is 22.6 Å². The van der Waals surface area contributed by atoms with Crippen molar-refractivity contribution in [3.63, 3.8) is 0 Å². The second-order valence-corrected chi connectivity index (χ2v) is 5.10. The van der Waals surface area contributed by atoms with Crippen molar-refractivity contribution in [2.24, 2.45) is 0 Å². The minimum absolute atomic E-state index is 0.393. The number of aryl methyl sites for hydroxylation is 2. The molecule has 0 bridgehead atoms. The van der Waals surface area contributed by atoms with Crippen LogP contribution in [0, 0.1) is 13.8 Å². The van der Waals surface area contributed by atoms with Gasteiger partial charge in [-0.25, -0.2) is 4.98 Å². The molecule has 0 aliphatic heterocycles. The molecule has 0 aliphatic rings. The molecule has 0 saturated carbocycles. The van der Waals surface area contributed by atoms with Crippen LogP contribution in [0.25, 0.3) is 22.6 Å². The summed E-state index contributed by atoms with van der Waals surface area (Å²) in [6, 6.07) is 16.0. The lowest BCUT2D eigenvalue weighted by Gasteiger charge is -2.06. The highest BCUT2D eigenvalue weighted by atomic mass is 15.2. The average Bonchev–Trinajstić information content (AvgIpc) is 2.49. The lowest BCUT2D eigenvalue weighted by Crippen LogP contribution is -2.02. The molecular formula is C17H16N4. The van der Waals surface area contributed by atoms with Crippen molar-refractivity contribution in [1.82, 2.24) is 15.2 Å². The molecule has 4 nitrogen and oxygen atoms in total. The summed E-state index contributed by atoms with van der Waals surface area (Å²) in [4.78, 5) is 4.38. The number of nitrogen functional groups attached to an aromatic ring is 1. The van der Waals surface area contributed by atoms with E-state index >= 15 is 0 Å². The molecule has 0 radical (unpaired) electrons. The number of nitrogens with two attached hydrogens (primary N) is 1. The van der Waals surface area contributed by atoms with Crippen molar-refractivity contribution in [3.05, 3.63) is 59.7 Å². The van der Waals surface area contributed by atoms with Crippen LogP contribution in [-0.2, 0) is 0 Å². The van der Waals surface area contributed by atoms with Gasteiger partial charge in [-0.2, -0.15) is 0 Å². The van der Waals surface area contributed by atoms with Gasteiger partial charge >= 0.3 is 0 Å². The second kappa shape index (κ2) is 5.32. The quantitative estimate of drug-likeness (QED) is 0.779. The summed E-state index contributed by atoms with van der Waals surface area (Å²) in [7, 11) is 0. The molecule has 4 heteroatoms. The SMILES string of the molecule is Cc1ccc(-c2nnc(-c3ccc(C)cc3)c(N)n2)cc1. The molecule has 21 heavy (non-hydrogen) atoms. The van der Waals surface area contributed by atoms with E-state index in [4.69, 9.17) is 5.73 Å². The van der Waals surface area contributed by atoms with Crippen molar-refractivity contribution in [2.75, 3.05) is 5.73 Å². The van der Waals surface area contributed by atoms with Crippen molar-refractivity contribution >= 4 is 5.82 Å². The Morgan fingerprint density at radius 2 is 1.24 bits per heavy atom. The van der Waals surface area contributed by atoms with Crippen LogP contribution in [0.15, 0.2) is 48.5 Å². The third kappa shape index (κ3) is 2.74. The average molecular weight is 276 g/mol. The number of hydrogen-bond donors (Lipinski definition) is 1. The normalized spacial score (nSPS) is 10.6. The van der Waals surface area contributed by atoms with Gasteiger partial charge in [-0.3, -0.25) is 0 Å². The largest absolute Gasteiger partial charge is 0.382 e. The first-order valence-corrected chi connectivity index (χ1v) is 6.78. The molecule has 0 atom stereocenters. The minimum atomic E-state index is 0.393. The van der Waals surface area contributed by atoms with Crippen LogP contribution >= 0.6 is 0 Å². The number of benzene rings is 2. The molecule has 0 unspecified atom stereocenters. The smallest absolute Gasteiger partial charge is 0.183 e. The van der Waals surface area contributed by atoms with E-state index < -0.39 is 0 Å². The van der Waals surface area contributed by atoms with Gasteiger partial charge in [0.1, 0.15) is 5.69 Å². The number of anilines is 1. The summed E-state index contributed by atoms with van der Waals surface area (Å²) in [5, 5.41) is 8.44. The molecule has 0 amide bonds. The van der Waals surface area contributed by atoms with Gasteiger partial charge in [0.15, 0.2) is 11.6 Å². The van der Waals surface area contributed by atoms with E-state index in [1.165, 1.54) is 11.1 Å². The molecule has 104 valence electrons. The fourth-order valence-electron chi connectivity index (χ4n) is 2.08. The highest BCUT2D eigenvalue weighted by Crippen LogP contribution is 2.24. The number of hydrogen-bond acceptors (Lipinski definition) is 4. The van der Waals surface area contributed by atoms with Crippen LogP contribution in [0.2, 0.25) is 0 Å². The monoisotopic (exact) mass is 276 g/mol. The van der Waals surface area contributed by atoms with Crippen LogP contribution in [0.4, 0.5) is 5.82 Å². The fraction of sp³-hybridized carbons (Fsp3) is 0.118. The minimum Gasteiger partial charge on any atom is -0.382 e. The van der Waals surface area contributed by atoms with Crippen LogP contribution in [0.1, 0.15) is 11.1 Å². The number of aromatic nitrogens is 3. The van der Waals surface area contributed by atoms with E-state index in [0.29, 0.717) is 17.3 Å². The van der Waals surface area contributed by atoms with Crippen LogP contribution in [-0.4, -0.2) is 15.2 Å².